The van der Waals surface area contributed by atoms with Crippen molar-refractivity contribution in [2.45, 2.75) is 5.92 Å². The molecule has 1 aromatic rings. The smallest absolute Gasteiger partial charge is 0.320 e. The van der Waals surface area contributed by atoms with Gasteiger partial charge in [0, 0.05) is 0 Å². The minimum absolute atomic E-state index is 0.0903. The van der Waals surface area contributed by atoms with Crippen LogP contribution in [0.5, 0.6) is 0 Å². The maximum absolute atomic E-state index is 13.1. The van der Waals surface area contributed by atoms with Gasteiger partial charge < -0.3 is 5.32 Å². The van der Waals surface area contributed by atoms with Crippen molar-refractivity contribution in [1.29, 1.82) is 0 Å². The molecule has 0 unspecified atom stereocenters. The number of benzene rings is 1. The van der Waals surface area contributed by atoms with Crippen LogP contribution in [0.4, 0.5) is 18.9 Å². The molecule has 1 aliphatic rings. The molecule has 0 aliphatic carbocycles. The van der Waals surface area contributed by atoms with E-state index in [0.717, 1.165) is 12.1 Å². The van der Waals surface area contributed by atoms with Gasteiger partial charge in [0.05, 0.1) is 15.7 Å². The normalized spacial score (nSPS) is 17.9. The number of carbonyl (C=O) groups excluding carboxylic acids is 1. The van der Waals surface area contributed by atoms with Crippen molar-refractivity contribution in [3.63, 3.8) is 0 Å². The van der Waals surface area contributed by atoms with Crippen molar-refractivity contribution in [1.82, 2.24) is 0 Å². The van der Waals surface area contributed by atoms with Crippen LogP contribution in [0.1, 0.15) is 5.56 Å². The van der Waals surface area contributed by atoms with Gasteiger partial charge in [-0.15, -0.1) is 0 Å². The first-order valence-corrected chi connectivity index (χ1v) is 4.41. The van der Waals surface area contributed by atoms with Gasteiger partial charge in [0.25, 0.3) is 5.91 Å². The topological polar surface area (TPSA) is 29.1 Å². The molecule has 0 saturated carbocycles. The van der Waals surface area contributed by atoms with Gasteiger partial charge in [0.1, 0.15) is 5.82 Å². The molecule has 0 bridgehead atoms. The fourth-order valence-electron chi connectivity index (χ4n) is 1.23. The van der Waals surface area contributed by atoms with Crippen molar-refractivity contribution in [3.8, 4) is 0 Å². The van der Waals surface area contributed by atoms with E-state index in [0.29, 0.717) is 0 Å². The van der Waals surface area contributed by atoms with E-state index in [9.17, 15) is 18.0 Å². The first-order chi connectivity index (χ1) is 6.43. The Kier molecular flexibility index (Phi) is 1.85. The number of rotatable bonds is 0. The molecule has 74 valence electrons. The van der Waals surface area contributed by atoms with Crippen LogP contribution in [0, 0.1) is 5.82 Å². The Morgan fingerprint density at radius 1 is 1.36 bits per heavy atom. The van der Waals surface area contributed by atoms with Gasteiger partial charge in [-0.25, -0.2) is 4.39 Å². The third-order valence-electron chi connectivity index (χ3n) is 1.93. The van der Waals surface area contributed by atoms with Gasteiger partial charge in [-0.05, 0) is 28.1 Å². The quantitative estimate of drug-likeness (QED) is 0.768. The van der Waals surface area contributed by atoms with Gasteiger partial charge in [0.15, 0.2) is 0 Å². The lowest BCUT2D eigenvalue weighted by Crippen LogP contribution is -2.23. The highest BCUT2D eigenvalue weighted by molar-refractivity contribution is 9.10. The molecule has 1 aliphatic heterocycles. The van der Waals surface area contributed by atoms with E-state index in [1.807, 2.05) is 5.32 Å². The van der Waals surface area contributed by atoms with Crippen LogP contribution in [0.25, 0.3) is 0 Å². The number of alkyl halides is 2. The molecule has 0 spiro atoms. The SMILES string of the molecule is O=C1Nc2cc(F)c(Br)cc2C1(F)F. The summed E-state index contributed by atoms with van der Waals surface area (Å²) in [6.07, 6.45) is 0. The summed E-state index contributed by atoms with van der Waals surface area (Å²) >= 11 is 2.77. The van der Waals surface area contributed by atoms with Crippen LogP contribution in [0.3, 0.4) is 0 Å². The molecule has 0 aromatic heterocycles. The zero-order valence-electron chi connectivity index (χ0n) is 6.57. The summed E-state index contributed by atoms with van der Waals surface area (Å²) in [6, 6.07) is 1.76. The maximum Gasteiger partial charge on any atom is 0.352 e. The molecule has 0 fully saturated rings. The summed E-state index contributed by atoms with van der Waals surface area (Å²) in [5, 5.41) is 1.91. The number of amides is 1. The van der Waals surface area contributed by atoms with Crippen LogP contribution in [0.15, 0.2) is 16.6 Å². The van der Waals surface area contributed by atoms with Crippen LogP contribution < -0.4 is 5.32 Å². The lowest BCUT2D eigenvalue weighted by atomic mass is 10.1. The van der Waals surface area contributed by atoms with E-state index in [1.165, 1.54) is 0 Å². The van der Waals surface area contributed by atoms with Crippen LogP contribution >= 0.6 is 15.9 Å². The molecule has 0 saturated heterocycles. The minimum atomic E-state index is -3.58. The highest BCUT2D eigenvalue weighted by Gasteiger charge is 2.48. The van der Waals surface area contributed by atoms with Crippen molar-refractivity contribution in [2.24, 2.45) is 0 Å². The number of anilines is 1. The Balaban J connectivity index is 2.67. The van der Waals surface area contributed by atoms with Gasteiger partial charge in [0.2, 0.25) is 0 Å². The van der Waals surface area contributed by atoms with Crippen molar-refractivity contribution in [2.75, 3.05) is 5.32 Å². The monoisotopic (exact) mass is 265 g/mol. The summed E-state index contributed by atoms with van der Waals surface area (Å²) in [5.41, 5.74) is -0.684. The number of nitrogens with one attached hydrogen (secondary N) is 1. The maximum atomic E-state index is 13.1. The summed E-state index contributed by atoms with van der Waals surface area (Å²) in [4.78, 5) is 10.8. The average molecular weight is 266 g/mol. The van der Waals surface area contributed by atoms with E-state index in [-0.39, 0.29) is 10.2 Å². The lowest BCUT2D eigenvalue weighted by molar-refractivity contribution is -0.139. The predicted octanol–water partition coefficient (Wildman–Crippen LogP) is 2.63. The van der Waals surface area contributed by atoms with Gasteiger partial charge in [-0.3, -0.25) is 4.79 Å². The van der Waals surface area contributed by atoms with Crippen molar-refractivity contribution < 1.29 is 18.0 Å². The number of halogens is 4. The van der Waals surface area contributed by atoms with Gasteiger partial charge in [-0.2, -0.15) is 8.78 Å². The summed E-state index contributed by atoms with van der Waals surface area (Å²) in [7, 11) is 0. The van der Waals surface area contributed by atoms with Crippen LogP contribution in [0.2, 0.25) is 0 Å². The molecule has 1 heterocycles. The second kappa shape index (κ2) is 2.73. The Morgan fingerprint density at radius 2 is 2.00 bits per heavy atom. The number of hydrogen-bond acceptors (Lipinski definition) is 1. The molecule has 0 radical (unpaired) electrons. The molecule has 2 nitrogen and oxygen atoms in total. The molecule has 1 amide bonds. The van der Waals surface area contributed by atoms with E-state index in [1.54, 1.807) is 0 Å². The molecule has 1 aromatic carbocycles. The Bertz CT molecular complexity index is 433. The zero-order valence-corrected chi connectivity index (χ0v) is 8.16. The molecular formula is C8H3BrF3NO. The van der Waals surface area contributed by atoms with E-state index < -0.39 is 23.2 Å². The first kappa shape index (κ1) is 9.51. The van der Waals surface area contributed by atoms with Crippen molar-refractivity contribution in [3.05, 3.63) is 28.0 Å². The standard InChI is InChI=1S/C8H3BrF3NO/c9-4-1-3-6(2-5(4)10)13-7(14)8(3,11)12/h1-2H,(H,13,14). The highest BCUT2D eigenvalue weighted by atomic mass is 79.9. The zero-order chi connectivity index (χ0) is 10.5. The number of fused-ring (bicyclic) bond motifs is 1. The predicted molar refractivity (Wildman–Crippen MR) is 46.6 cm³/mol. The highest BCUT2D eigenvalue weighted by Crippen LogP contribution is 2.42. The Morgan fingerprint density at radius 3 is 2.64 bits per heavy atom. The Labute approximate surface area is 85.2 Å². The molecule has 14 heavy (non-hydrogen) atoms. The lowest BCUT2D eigenvalue weighted by Gasteiger charge is -2.06. The summed E-state index contributed by atoms with van der Waals surface area (Å²) in [6.45, 7) is 0. The molecular weight excluding hydrogens is 263 g/mol. The van der Waals surface area contributed by atoms with E-state index in [4.69, 9.17) is 0 Å². The van der Waals surface area contributed by atoms with E-state index >= 15 is 0 Å². The summed E-state index contributed by atoms with van der Waals surface area (Å²) in [5.74, 6) is -5.70. The molecule has 1 N–H and O–H groups in total. The van der Waals surface area contributed by atoms with Gasteiger partial charge >= 0.3 is 5.92 Å². The molecule has 6 heteroatoms. The van der Waals surface area contributed by atoms with Crippen LogP contribution in [-0.4, -0.2) is 5.91 Å². The van der Waals surface area contributed by atoms with Crippen molar-refractivity contribution >= 4 is 27.5 Å². The molecule has 2 rings (SSSR count). The van der Waals surface area contributed by atoms with E-state index in [2.05, 4.69) is 15.9 Å². The summed E-state index contributed by atoms with van der Waals surface area (Å²) < 4.78 is 39.0. The molecule has 0 atom stereocenters. The number of hydrogen-bond donors (Lipinski definition) is 1. The number of carbonyl (C=O) groups is 1. The minimum Gasteiger partial charge on any atom is -0.320 e. The fourth-order valence-corrected chi connectivity index (χ4v) is 1.58. The fraction of sp³-hybridized carbons (Fsp3) is 0.125. The third kappa shape index (κ3) is 1.13. The van der Waals surface area contributed by atoms with Crippen LogP contribution in [-0.2, 0) is 10.7 Å². The second-order valence-electron chi connectivity index (χ2n) is 2.84. The van der Waals surface area contributed by atoms with Gasteiger partial charge in [-0.1, -0.05) is 0 Å². The largest absolute Gasteiger partial charge is 0.352 e. The third-order valence-corrected chi connectivity index (χ3v) is 2.54. The second-order valence-corrected chi connectivity index (χ2v) is 3.69. The first-order valence-electron chi connectivity index (χ1n) is 3.61. The Hall–Kier alpha value is -1.04. The average Bonchev–Trinajstić information content (AvgIpc) is 2.28.